The monoisotopic (exact) mass is 443 g/mol. The highest BCUT2D eigenvalue weighted by Gasteiger charge is 2.31. The summed E-state index contributed by atoms with van der Waals surface area (Å²) in [4.78, 5) is 32.9. The van der Waals surface area contributed by atoms with E-state index in [1.807, 2.05) is 54.3 Å². The molecule has 0 unspecified atom stereocenters. The zero-order valence-electron chi connectivity index (χ0n) is 18.0. The zero-order chi connectivity index (χ0) is 22.8. The second-order valence-electron chi connectivity index (χ2n) is 7.65. The van der Waals surface area contributed by atoms with Gasteiger partial charge in [0.15, 0.2) is 5.75 Å². The summed E-state index contributed by atoms with van der Waals surface area (Å²) in [6.45, 7) is 4.33. The van der Waals surface area contributed by atoms with E-state index in [1.165, 1.54) is 6.33 Å². The van der Waals surface area contributed by atoms with E-state index in [4.69, 9.17) is 4.74 Å². The highest BCUT2D eigenvalue weighted by molar-refractivity contribution is 5.85. The molecule has 0 radical (unpaired) electrons. The normalized spacial score (nSPS) is 13.8. The van der Waals surface area contributed by atoms with Crippen LogP contribution in [0.25, 0.3) is 10.9 Å². The Morgan fingerprint density at radius 2 is 1.76 bits per heavy atom. The van der Waals surface area contributed by atoms with Crippen molar-refractivity contribution in [2.24, 2.45) is 0 Å². The van der Waals surface area contributed by atoms with Crippen molar-refractivity contribution in [2.75, 3.05) is 36.0 Å². The lowest BCUT2D eigenvalue weighted by Crippen LogP contribution is -2.47. The number of nitrogens with zero attached hydrogens (tertiary/aromatic N) is 7. The quantitative estimate of drug-likeness (QED) is 0.336. The van der Waals surface area contributed by atoms with Crippen molar-refractivity contribution in [1.82, 2.24) is 19.9 Å². The summed E-state index contributed by atoms with van der Waals surface area (Å²) in [5.41, 5.74) is 1.19. The maximum Gasteiger partial charge on any atom is 0.373 e. The smallest absolute Gasteiger partial charge is 0.373 e. The third kappa shape index (κ3) is 4.10. The number of hydrogen-bond donors (Lipinski definition) is 0. The van der Waals surface area contributed by atoms with Crippen LogP contribution in [0.1, 0.15) is 5.69 Å². The molecule has 33 heavy (non-hydrogen) atoms. The van der Waals surface area contributed by atoms with Crippen LogP contribution in [-0.2, 0) is 0 Å². The molecule has 1 aliphatic heterocycles. The summed E-state index contributed by atoms with van der Waals surface area (Å²) in [5, 5.41) is 12.9. The first-order chi connectivity index (χ1) is 16.1. The average molecular weight is 443 g/mol. The fourth-order valence-corrected chi connectivity index (χ4v) is 3.91. The summed E-state index contributed by atoms with van der Waals surface area (Å²) in [5.74, 6) is 1.43. The molecule has 4 heterocycles. The van der Waals surface area contributed by atoms with Gasteiger partial charge in [0.2, 0.25) is 5.82 Å². The lowest BCUT2D eigenvalue weighted by molar-refractivity contribution is -0.385. The minimum atomic E-state index is -0.487. The fourth-order valence-electron chi connectivity index (χ4n) is 3.91. The van der Waals surface area contributed by atoms with E-state index in [9.17, 15) is 10.1 Å². The topological polar surface area (TPSA) is 110 Å². The van der Waals surface area contributed by atoms with Crippen molar-refractivity contribution in [3.05, 3.63) is 76.9 Å². The van der Waals surface area contributed by atoms with Crippen molar-refractivity contribution >= 4 is 28.2 Å². The Kier molecular flexibility index (Phi) is 5.39. The van der Waals surface area contributed by atoms with Gasteiger partial charge in [0.1, 0.15) is 17.7 Å². The molecule has 3 aromatic heterocycles. The SMILES string of the molecule is Cc1ccc2cccc(Oc3ncnc(N4CCN(c5ccccn5)CC4)c3[N+](=O)[O-])c2n1. The van der Waals surface area contributed by atoms with Gasteiger partial charge in [-0.1, -0.05) is 24.3 Å². The van der Waals surface area contributed by atoms with Crippen LogP contribution in [0.2, 0.25) is 0 Å². The molecule has 0 atom stereocenters. The molecule has 0 spiro atoms. The number of aryl methyl sites for hydroxylation is 1. The Labute approximate surface area is 189 Å². The maximum absolute atomic E-state index is 12.1. The first kappa shape index (κ1) is 20.6. The minimum Gasteiger partial charge on any atom is -0.431 e. The zero-order valence-corrected chi connectivity index (χ0v) is 18.0. The lowest BCUT2D eigenvalue weighted by atomic mass is 10.2. The standard InChI is InChI=1S/C23H21N7O3/c1-16-8-9-17-5-4-6-18(20(17)27-16)33-23-21(30(31)32)22(25-15-26-23)29-13-11-28(12-14-29)19-7-2-3-10-24-19/h2-10,15H,11-14H2,1H3. The van der Waals surface area contributed by atoms with Crippen LogP contribution >= 0.6 is 0 Å². The van der Waals surface area contributed by atoms with Gasteiger partial charge in [-0.15, -0.1) is 0 Å². The first-order valence-electron chi connectivity index (χ1n) is 10.5. The predicted octanol–water partition coefficient (Wildman–Crippen LogP) is 3.76. The molecular formula is C23H21N7O3. The molecule has 0 N–H and O–H groups in total. The summed E-state index contributed by atoms with van der Waals surface area (Å²) >= 11 is 0. The number of para-hydroxylation sites is 1. The maximum atomic E-state index is 12.1. The molecule has 5 rings (SSSR count). The van der Waals surface area contributed by atoms with Crippen molar-refractivity contribution in [3.63, 3.8) is 0 Å². The molecule has 0 amide bonds. The van der Waals surface area contributed by atoms with Gasteiger partial charge in [-0.05, 0) is 31.2 Å². The van der Waals surface area contributed by atoms with Crippen molar-refractivity contribution < 1.29 is 9.66 Å². The number of hydrogen-bond acceptors (Lipinski definition) is 9. The Hall–Kier alpha value is -4.34. The van der Waals surface area contributed by atoms with Gasteiger partial charge in [0.05, 0.1) is 4.92 Å². The van der Waals surface area contributed by atoms with E-state index < -0.39 is 4.92 Å². The Bertz CT molecular complexity index is 1310. The third-order valence-corrected chi connectivity index (χ3v) is 5.53. The van der Waals surface area contributed by atoms with Gasteiger partial charge in [0, 0.05) is 43.5 Å². The van der Waals surface area contributed by atoms with E-state index >= 15 is 0 Å². The van der Waals surface area contributed by atoms with E-state index in [0.29, 0.717) is 37.4 Å². The Morgan fingerprint density at radius 1 is 0.939 bits per heavy atom. The fraction of sp³-hybridized carbons (Fsp3) is 0.217. The second kappa shape index (κ2) is 8.65. The molecule has 166 valence electrons. The number of ether oxygens (including phenoxy) is 1. The molecule has 4 aromatic rings. The second-order valence-corrected chi connectivity index (χ2v) is 7.65. The van der Waals surface area contributed by atoms with Gasteiger partial charge in [-0.25, -0.2) is 15.0 Å². The van der Waals surface area contributed by atoms with Crippen molar-refractivity contribution in [3.8, 4) is 11.6 Å². The van der Waals surface area contributed by atoms with Crippen molar-refractivity contribution in [1.29, 1.82) is 0 Å². The van der Waals surface area contributed by atoms with Crippen molar-refractivity contribution in [2.45, 2.75) is 6.92 Å². The first-order valence-corrected chi connectivity index (χ1v) is 10.5. The molecule has 0 aliphatic carbocycles. The predicted molar refractivity (Wildman–Crippen MR) is 124 cm³/mol. The number of rotatable bonds is 5. The third-order valence-electron chi connectivity index (χ3n) is 5.53. The molecule has 10 heteroatoms. The highest BCUT2D eigenvalue weighted by atomic mass is 16.6. The number of benzene rings is 1. The van der Waals surface area contributed by atoms with E-state index in [1.54, 1.807) is 12.3 Å². The van der Waals surface area contributed by atoms with Gasteiger partial charge in [-0.3, -0.25) is 10.1 Å². The van der Waals surface area contributed by atoms with Crippen LogP contribution in [-0.4, -0.2) is 51.0 Å². The highest BCUT2D eigenvalue weighted by Crippen LogP contribution is 2.38. The molecule has 1 saturated heterocycles. The summed E-state index contributed by atoms with van der Waals surface area (Å²) in [6.07, 6.45) is 3.05. The molecular weight excluding hydrogens is 422 g/mol. The largest absolute Gasteiger partial charge is 0.431 e. The number of fused-ring (bicyclic) bond motifs is 1. The van der Waals surface area contributed by atoms with Gasteiger partial charge in [0.25, 0.3) is 0 Å². The van der Waals surface area contributed by atoms with Gasteiger partial charge in [-0.2, -0.15) is 4.98 Å². The van der Waals surface area contributed by atoms with Crippen LogP contribution in [0.3, 0.4) is 0 Å². The molecule has 0 bridgehead atoms. The average Bonchev–Trinajstić information content (AvgIpc) is 2.85. The van der Waals surface area contributed by atoms with E-state index in [2.05, 4.69) is 24.8 Å². The molecule has 1 aliphatic rings. The Morgan fingerprint density at radius 3 is 2.52 bits per heavy atom. The minimum absolute atomic E-state index is 0.104. The number of anilines is 2. The van der Waals surface area contributed by atoms with Gasteiger partial charge >= 0.3 is 11.6 Å². The number of piperazine rings is 1. The van der Waals surface area contributed by atoms with Crippen LogP contribution in [0.4, 0.5) is 17.3 Å². The number of nitro groups is 1. The molecule has 0 saturated carbocycles. The molecule has 1 aromatic carbocycles. The molecule has 10 nitrogen and oxygen atoms in total. The van der Waals surface area contributed by atoms with Crippen LogP contribution in [0.5, 0.6) is 11.6 Å². The lowest BCUT2D eigenvalue weighted by Gasteiger charge is -2.35. The number of pyridine rings is 2. The Balaban J connectivity index is 1.44. The summed E-state index contributed by atoms with van der Waals surface area (Å²) in [7, 11) is 0. The van der Waals surface area contributed by atoms with E-state index in [0.717, 1.165) is 16.9 Å². The summed E-state index contributed by atoms with van der Waals surface area (Å²) in [6, 6.07) is 15.1. The van der Waals surface area contributed by atoms with Crippen LogP contribution in [0, 0.1) is 17.0 Å². The molecule has 1 fully saturated rings. The number of aromatic nitrogens is 4. The van der Waals surface area contributed by atoms with E-state index in [-0.39, 0.29) is 17.4 Å². The van der Waals surface area contributed by atoms with Gasteiger partial charge < -0.3 is 14.5 Å². The summed E-state index contributed by atoms with van der Waals surface area (Å²) < 4.78 is 5.96. The van der Waals surface area contributed by atoms with Crippen LogP contribution < -0.4 is 14.5 Å². The van der Waals surface area contributed by atoms with Crippen LogP contribution in [0.15, 0.2) is 61.1 Å².